The highest BCUT2D eigenvalue weighted by Gasteiger charge is 2.24. The van der Waals surface area contributed by atoms with Gasteiger partial charge >= 0.3 is 0 Å². The zero-order valence-corrected chi connectivity index (χ0v) is 12.1. The van der Waals surface area contributed by atoms with E-state index < -0.39 is 0 Å². The van der Waals surface area contributed by atoms with Crippen molar-refractivity contribution in [2.24, 2.45) is 0 Å². The molecule has 1 aromatic rings. The molecule has 1 fully saturated rings. The summed E-state index contributed by atoms with van der Waals surface area (Å²) in [6.07, 6.45) is 6.77. The topological polar surface area (TPSA) is 80.0 Å². The maximum atomic E-state index is 11.8. The highest BCUT2D eigenvalue weighted by Crippen LogP contribution is 2.33. The molecule has 6 nitrogen and oxygen atoms in total. The summed E-state index contributed by atoms with van der Waals surface area (Å²) < 4.78 is 1.67. The van der Waals surface area contributed by atoms with Gasteiger partial charge in [0.2, 0.25) is 5.91 Å². The maximum Gasteiger partial charge on any atom is 0.241 e. The van der Waals surface area contributed by atoms with Crippen molar-refractivity contribution in [1.29, 1.82) is 0 Å². The van der Waals surface area contributed by atoms with Gasteiger partial charge < -0.3 is 10.4 Å². The molecule has 0 spiro atoms. The van der Waals surface area contributed by atoms with E-state index in [2.05, 4.69) is 15.6 Å². The van der Waals surface area contributed by atoms with Crippen LogP contribution >= 0.6 is 0 Å². The molecule has 20 heavy (non-hydrogen) atoms. The molecule has 0 aliphatic heterocycles. The van der Waals surface area contributed by atoms with Gasteiger partial charge in [-0.15, -0.1) is 5.10 Å². The number of aliphatic hydroxyl groups is 1. The van der Waals surface area contributed by atoms with Gasteiger partial charge in [0.1, 0.15) is 12.2 Å². The fourth-order valence-electron chi connectivity index (χ4n) is 2.86. The molecule has 1 saturated carbocycles. The largest absolute Gasteiger partial charge is 0.390 e. The summed E-state index contributed by atoms with van der Waals surface area (Å²) in [7, 11) is 0. The molecule has 112 valence electrons. The zero-order valence-electron chi connectivity index (χ0n) is 12.1. The van der Waals surface area contributed by atoms with E-state index in [9.17, 15) is 9.90 Å². The second-order valence-electron chi connectivity index (χ2n) is 5.42. The first kappa shape index (κ1) is 15.0. The van der Waals surface area contributed by atoms with Crippen LogP contribution in [-0.2, 0) is 17.9 Å². The van der Waals surface area contributed by atoms with Gasteiger partial charge in [-0.25, -0.2) is 4.68 Å². The number of rotatable bonds is 6. The number of aromatic nitrogens is 3. The lowest BCUT2D eigenvalue weighted by atomic mass is 9.86. The molecule has 0 aromatic carbocycles. The van der Waals surface area contributed by atoms with Crippen molar-refractivity contribution in [3.63, 3.8) is 0 Å². The second kappa shape index (κ2) is 7.38. The molecule has 1 aromatic heterocycles. The lowest BCUT2D eigenvalue weighted by Gasteiger charge is -2.22. The van der Waals surface area contributed by atoms with Crippen LogP contribution in [0.3, 0.4) is 0 Å². The third-order valence-electron chi connectivity index (χ3n) is 3.85. The van der Waals surface area contributed by atoms with Crippen LogP contribution in [0.25, 0.3) is 0 Å². The van der Waals surface area contributed by atoms with Crippen LogP contribution in [0.5, 0.6) is 0 Å². The van der Waals surface area contributed by atoms with Crippen LogP contribution in [0.15, 0.2) is 0 Å². The van der Waals surface area contributed by atoms with E-state index in [-0.39, 0.29) is 19.1 Å². The molecule has 1 aliphatic rings. The summed E-state index contributed by atoms with van der Waals surface area (Å²) in [5.41, 5.74) is 1.58. The molecule has 6 heteroatoms. The standard InChI is InChI=1S/C14H24N4O2/c1-2-8-15-13(20)9-18-14(12(10-19)16-17-18)11-6-4-3-5-7-11/h11,19H,2-10H2,1H3,(H,15,20). The Kier molecular flexibility index (Phi) is 5.52. The number of carbonyl (C=O) groups is 1. The van der Waals surface area contributed by atoms with E-state index in [1.165, 1.54) is 19.3 Å². The Hall–Kier alpha value is -1.43. The fraction of sp³-hybridized carbons (Fsp3) is 0.786. The minimum Gasteiger partial charge on any atom is -0.390 e. The van der Waals surface area contributed by atoms with E-state index >= 15 is 0 Å². The molecule has 2 rings (SSSR count). The molecule has 0 radical (unpaired) electrons. The molecule has 0 unspecified atom stereocenters. The average Bonchev–Trinajstić information content (AvgIpc) is 2.88. The monoisotopic (exact) mass is 280 g/mol. The van der Waals surface area contributed by atoms with E-state index in [0.29, 0.717) is 18.2 Å². The normalized spacial score (nSPS) is 16.3. The molecule has 0 saturated heterocycles. The van der Waals surface area contributed by atoms with Crippen molar-refractivity contribution in [1.82, 2.24) is 20.3 Å². The highest BCUT2D eigenvalue weighted by molar-refractivity contribution is 5.75. The van der Waals surface area contributed by atoms with Gasteiger partial charge in [0, 0.05) is 12.5 Å². The van der Waals surface area contributed by atoms with Crippen molar-refractivity contribution in [2.75, 3.05) is 6.54 Å². The Morgan fingerprint density at radius 3 is 2.80 bits per heavy atom. The van der Waals surface area contributed by atoms with E-state index in [1.807, 2.05) is 6.92 Å². The van der Waals surface area contributed by atoms with Crippen molar-refractivity contribution in [3.8, 4) is 0 Å². The van der Waals surface area contributed by atoms with Crippen LogP contribution in [0, 0.1) is 0 Å². The fourth-order valence-corrected chi connectivity index (χ4v) is 2.86. The van der Waals surface area contributed by atoms with E-state index in [0.717, 1.165) is 25.0 Å². The number of carbonyl (C=O) groups excluding carboxylic acids is 1. The maximum absolute atomic E-state index is 11.8. The Labute approximate surface area is 119 Å². The summed E-state index contributed by atoms with van der Waals surface area (Å²) in [5.74, 6) is 0.332. The van der Waals surface area contributed by atoms with Gasteiger partial charge in [-0.2, -0.15) is 0 Å². The predicted octanol–water partition coefficient (Wildman–Crippen LogP) is 1.34. The van der Waals surface area contributed by atoms with E-state index in [4.69, 9.17) is 0 Å². The van der Waals surface area contributed by atoms with Gasteiger partial charge in [0.15, 0.2) is 0 Å². The zero-order chi connectivity index (χ0) is 14.4. The number of nitrogens with one attached hydrogen (secondary N) is 1. The summed E-state index contributed by atoms with van der Waals surface area (Å²) >= 11 is 0. The number of hydrogen-bond donors (Lipinski definition) is 2. The lowest BCUT2D eigenvalue weighted by Crippen LogP contribution is -2.29. The first-order valence-electron chi connectivity index (χ1n) is 7.56. The minimum absolute atomic E-state index is 0.0432. The second-order valence-corrected chi connectivity index (χ2v) is 5.42. The Balaban J connectivity index is 2.11. The third kappa shape index (κ3) is 3.56. The van der Waals surface area contributed by atoms with Crippen molar-refractivity contribution in [3.05, 3.63) is 11.4 Å². The molecule has 0 bridgehead atoms. The van der Waals surface area contributed by atoms with Crippen LogP contribution in [0.4, 0.5) is 0 Å². The molecular formula is C14H24N4O2. The highest BCUT2D eigenvalue weighted by atomic mass is 16.3. The molecular weight excluding hydrogens is 256 g/mol. The van der Waals surface area contributed by atoms with Crippen LogP contribution in [0.2, 0.25) is 0 Å². The molecule has 1 heterocycles. The molecule has 1 aliphatic carbocycles. The summed E-state index contributed by atoms with van der Waals surface area (Å²) in [5, 5.41) is 20.4. The summed E-state index contributed by atoms with van der Waals surface area (Å²) in [4.78, 5) is 11.8. The predicted molar refractivity (Wildman–Crippen MR) is 75.1 cm³/mol. The van der Waals surface area contributed by atoms with Gasteiger partial charge in [0.25, 0.3) is 0 Å². The summed E-state index contributed by atoms with van der Waals surface area (Å²) in [6.45, 7) is 2.79. The third-order valence-corrected chi connectivity index (χ3v) is 3.85. The van der Waals surface area contributed by atoms with Gasteiger partial charge in [-0.05, 0) is 19.3 Å². The van der Waals surface area contributed by atoms with Crippen LogP contribution in [-0.4, -0.2) is 32.6 Å². The number of amides is 1. The molecule has 1 amide bonds. The van der Waals surface area contributed by atoms with Crippen molar-refractivity contribution in [2.45, 2.75) is 64.5 Å². The van der Waals surface area contributed by atoms with Gasteiger partial charge in [-0.1, -0.05) is 31.4 Å². The van der Waals surface area contributed by atoms with Crippen LogP contribution < -0.4 is 5.32 Å². The Morgan fingerprint density at radius 1 is 1.40 bits per heavy atom. The van der Waals surface area contributed by atoms with Gasteiger partial charge in [0.05, 0.1) is 12.3 Å². The average molecular weight is 280 g/mol. The number of hydrogen-bond acceptors (Lipinski definition) is 4. The smallest absolute Gasteiger partial charge is 0.241 e. The molecule has 0 atom stereocenters. The quantitative estimate of drug-likeness (QED) is 0.824. The van der Waals surface area contributed by atoms with Crippen molar-refractivity contribution >= 4 is 5.91 Å². The van der Waals surface area contributed by atoms with Crippen molar-refractivity contribution < 1.29 is 9.90 Å². The van der Waals surface area contributed by atoms with Gasteiger partial charge in [-0.3, -0.25) is 4.79 Å². The summed E-state index contributed by atoms with van der Waals surface area (Å²) in [6, 6.07) is 0. The molecule has 2 N–H and O–H groups in total. The lowest BCUT2D eigenvalue weighted by molar-refractivity contribution is -0.121. The Morgan fingerprint density at radius 2 is 2.15 bits per heavy atom. The SMILES string of the molecule is CCCNC(=O)Cn1nnc(CO)c1C1CCCCC1. The first-order chi connectivity index (χ1) is 9.76. The minimum atomic E-state index is -0.109. The number of nitrogens with zero attached hydrogens (tertiary/aromatic N) is 3. The van der Waals surface area contributed by atoms with Crippen LogP contribution in [0.1, 0.15) is 62.8 Å². The first-order valence-corrected chi connectivity index (χ1v) is 7.56. The Bertz CT molecular complexity index is 438. The number of aliphatic hydroxyl groups excluding tert-OH is 1. The van der Waals surface area contributed by atoms with E-state index in [1.54, 1.807) is 4.68 Å².